The lowest BCUT2D eigenvalue weighted by molar-refractivity contribution is 0.255. The van der Waals surface area contributed by atoms with Crippen molar-refractivity contribution in [3.8, 4) is 0 Å². The van der Waals surface area contributed by atoms with Gasteiger partial charge in [-0.1, -0.05) is 6.92 Å². The maximum absolute atomic E-state index is 13.3. The van der Waals surface area contributed by atoms with Gasteiger partial charge in [-0.05, 0) is 51.2 Å². The molecule has 1 N–H and O–H groups in total. The van der Waals surface area contributed by atoms with E-state index in [9.17, 15) is 4.79 Å². The number of rotatable bonds is 2. The van der Waals surface area contributed by atoms with E-state index >= 15 is 0 Å². The number of aromatic nitrogens is 2. The van der Waals surface area contributed by atoms with Crippen LogP contribution in [-0.2, 0) is 0 Å². The van der Waals surface area contributed by atoms with Crippen molar-refractivity contribution in [2.24, 2.45) is 5.92 Å². The van der Waals surface area contributed by atoms with Crippen molar-refractivity contribution < 1.29 is 4.79 Å². The van der Waals surface area contributed by atoms with Crippen LogP contribution in [0.1, 0.15) is 36.8 Å². The van der Waals surface area contributed by atoms with Gasteiger partial charge in [0.05, 0.1) is 17.4 Å². The summed E-state index contributed by atoms with van der Waals surface area (Å²) in [4.78, 5) is 30.5. The van der Waals surface area contributed by atoms with Gasteiger partial charge in [0.15, 0.2) is 10.9 Å². The van der Waals surface area contributed by atoms with E-state index in [1.165, 1.54) is 24.2 Å². The molecule has 3 aliphatic heterocycles. The van der Waals surface area contributed by atoms with Crippen molar-refractivity contribution >= 4 is 39.8 Å². The maximum Gasteiger partial charge on any atom is 0.329 e. The van der Waals surface area contributed by atoms with E-state index in [0.29, 0.717) is 11.0 Å². The second-order valence-electron chi connectivity index (χ2n) is 8.55. The van der Waals surface area contributed by atoms with E-state index in [1.807, 2.05) is 18.7 Å². The standard InChI is InChI=1S/C21H28N6OS/c1-13-5-4-9-26(11-13)18-7-6-17-19(23-18)27(16-8-10-25(17)12-16)21(28)24-20-22-14(2)15(3)29-20/h6-7,13,16H,4-5,8-12H2,1-3H3,(H,22,24,28)/t13?,16-/m0/s1. The fraction of sp³-hybridized carbons (Fsp3) is 0.571. The summed E-state index contributed by atoms with van der Waals surface area (Å²) in [6.45, 7) is 10.2. The Balaban J connectivity index is 1.47. The normalized spacial score (nSPS) is 23.3. The predicted molar refractivity (Wildman–Crippen MR) is 119 cm³/mol. The van der Waals surface area contributed by atoms with Gasteiger partial charge in [-0.25, -0.2) is 14.8 Å². The highest BCUT2D eigenvalue weighted by Crippen LogP contribution is 2.40. The van der Waals surface area contributed by atoms with E-state index in [0.717, 1.165) is 60.5 Å². The first kappa shape index (κ1) is 18.7. The lowest BCUT2D eigenvalue weighted by atomic mass is 10.0. The van der Waals surface area contributed by atoms with Crippen molar-refractivity contribution in [2.45, 2.75) is 46.1 Å². The monoisotopic (exact) mass is 412 g/mol. The SMILES string of the molecule is Cc1nc(NC(=O)N2c3nc(N4CCCC(C)C4)ccc3N3CC[C@H]2C3)sc1C. The van der Waals surface area contributed by atoms with Crippen LogP contribution in [0.4, 0.5) is 27.2 Å². The molecule has 0 spiro atoms. The molecule has 29 heavy (non-hydrogen) atoms. The number of fused-ring (bicyclic) bond motifs is 4. The number of aryl methyl sites for hydroxylation is 2. The fourth-order valence-electron chi connectivity index (χ4n) is 4.71. The molecule has 2 aromatic heterocycles. The van der Waals surface area contributed by atoms with Crippen LogP contribution in [0.15, 0.2) is 12.1 Å². The van der Waals surface area contributed by atoms with Crippen LogP contribution >= 0.6 is 11.3 Å². The molecule has 154 valence electrons. The van der Waals surface area contributed by atoms with E-state index in [1.54, 1.807) is 0 Å². The first-order valence-electron chi connectivity index (χ1n) is 10.5. The minimum Gasteiger partial charge on any atom is -0.366 e. The van der Waals surface area contributed by atoms with Gasteiger partial charge in [0.1, 0.15) is 5.82 Å². The molecule has 2 aromatic rings. The molecule has 2 amide bonds. The van der Waals surface area contributed by atoms with Crippen LogP contribution in [0, 0.1) is 19.8 Å². The third-order valence-corrected chi connectivity index (χ3v) is 7.37. The Kier molecular flexibility index (Phi) is 4.61. The molecule has 5 rings (SSSR count). The number of piperidine rings is 1. The Morgan fingerprint density at radius 2 is 2.00 bits per heavy atom. The largest absolute Gasteiger partial charge is 0.366 e. The van der Waals surface area contributed by atoms with Gasteiger partial charge < -0.3 is 9.80 Å². The highest BCUT2D eigenvalue weighted by Gasteiger charge is 2.40. The summed E-state index contributed by atoms with van der Waals surface area (Å²) in [6.07, 6.45) is 3.44. The average molecular weight is 413 g/mol. The van der Waals surface area contributed by atoms with E-state index in [4.69, 9.17) is 4.98 Å². The van der Waals surface area contributed by atoms with Crippen LogP contribution in [-0.4, -0.2) is 48.2 Å². The molecule has 2 atom stereocenters. The van der Waals surface area contributed by atoms with Crippen molar-refractivity contribution in [1.82, 2.24) is 9.97 Å². The lowest BCUT2D eigenvalue weighted by Gasteiger charge is -2.37. The molecule has 2 bridgehead atoms. The number of urea groups is 1. The number of carbonyl (C=O) groups excluding carboxylic acids is 1. The van der Waals surface area contributed by atoms with Gasteiger partial charge in [0.2, 0.25) is 0 Å². The molecule has 0 aromatic carbocycles. The Labute approximate surface area is 175 Å². The average Bonchev–Trinajstić information content (AvgIpc) is 3.25. The Morgan fingerprint density at radius 1 is 1.14 bits per heavy atom. The van der Waals surface area contributed by atoms with Crippen LogP contribution < -0.4 is 20.0 Å². The summed E-state index contributed by atoms with van der Waals surface area (Å²) < 4.78 is 0. The zero-order chi connectivity index (χ0) is 20.1. The van der Waals surface area contributed by atoms with E-state index in [2.05, 4.69) is 39.2 Å². The van der Waals surface area contributed by atoms with Crippen LogP contribution in [0.5, 0.6) is 0 Å². The first-order valence-corrected chi connectivity index (χ1v) is 11.4. The molecule has 7 nitrogen and oxygen atoms in total. The van der Waals surface area contributed by atoms with Gasteiger partial charge in [0, 0.05) is 31.1 Å². The number of carbonyl (C=O) groups is 1. The summed E-state index contributed by atoms with van der Waals surface area (Å²) in [5.74, 6) is 2.45. The molecule has 2 saturated heterocycles. The van der Waals surface area contributed by atoms with Gasteiger partial charge in [0.25, 0.3) is 0 Å². The number of pyridine rings is 1. The number of thiazole rings is 1. The van der Waals surface area contributed by atoms with Gasteiger partial charge >= 0.3 is 6.03 Å². The lowest BCUT2D eigenvalue weighted by Crippen LogP contribution is -2.48. The van der Waals surface area contributed by atoms with E-state index in [-0.39, 0.29) is 12.1 Å². The van der Waals surface area contributed by atoms with Crippen molar-refractivity contribution in [3.63, 3.8) is 0 Å². The number of nitrogens with zero attached hydrogens (tertiary/aromatic N) is 5. The molecule has 0 radical (unpaired) electrons. The smallest absolute Gasteiger partial charge is 0.329 e. The van der Waals surface area contributed by atoms with Crippen molar-refractivity contribution in [3.05, 3.63) is 22.7 Å². The number of hydrogen-bond donors (Lipinski definition) is 1. The van der Waals surface area contributed by atoms with Gasteiger partial charge in [-0.15, -0.1) is 11.3 Å². The molecular weight excluding hydrogens is 384 g/mol. The third-order valence-electron chi connectivity index (χ3n) is 6.38. The second kappa shape index (κ2) is 7.16. The topological polar surface area (TPSA) is 64.6 Å². The minimum absolute atomic E-state index is 0.122. The Morgan fingerprint density at radius 3 is 2.76 bits per heavy atom. The van der Waals surface area contributed by atoms with Crippen LogP contribution in [0.3, 0.4) is 0 Å². The number of anilines is 4. The molecule has 0 aliphatic carbocycles. The predicted octanol–water partition coefficient (Wildman–Crippen LogP) is 4.02. The van der Waals surface area contributed by atoms with Gasteiger partial charge in [-0.2, -0.15) is 0 Å². The summed E-state index contributed by atoms with van der Waals surface area (Å²) in [5, 5.41) is 3.69. The summed E-state index contributed by atoms with van der Waals surface area (Å²) in [5.41, 5.74) is 2.03. The second-order valence-corrected chi connectivity index (χ2v) is 9.76. The molecule has 1 unspecified atom stereocenters. The number of nitrogens with one attached hydrogen (secondary N) is 1. The summed E-state index contributed by atoms with van der Waals surface area (Å²) in [7, 11) is 0. The maximum atomic E-state index is 13.3. The molecule has 0 saturated carbocycles. The highest BCUT2D eigenvalue weighted by molar-refractivity contribution is 7.15. The number of hydrogen-bond acceptors (Lipinski definition) is 6. The molecule has 8 heteroatoms. The highest BCUT2D eigenvalue weighted by atomic mass is 32.1. The quantitative estimate of drug-likeness (QED) is 0.807. The molecular formula is C21H28N6OS. The Bertz CT molecular complexity index is 924. The summed E-state index contributed by atoms with van der Waals surface area (Å²) in [6, 6.07) is 4.31. The first-order chi connectivity index (χ1) is 14.0. The van der Waals surface area contributed by atoms with Gasteiger partial charge in [-0.3, -0.25) is 10.2 Å². The third kappa shape index (κ3) is 3.33. The zero-order valence-electron chi connectivity index (χ0n) is 17.3. The summed E-state index contributed by atoms with van der Waals surface area (Å²) >= 11 is 1.52. The zero-order valence-corrected chi connectivity index (χ0v) is 18.1. The Hall–Kier alpha value is -2.35. The van der Waals surface area contributed by atoms with E-state index < -0.39 is 0 Å². The number of amides is 2. The van der Waals surface area contributed by atoms with Crippen LogP contribution in [0.2, 0.25) is 0 Å². The molecule has 3 aliphatic rings. The molecule has 5 heterocycles. The van der Waals surface area contributed by atoms with Crippen molar-refractivity contribution in [2.75, 3.05) is 46.2 Å². The fourth-order valence-corrected chi connectivity index (χ4v) is 5.52. The van der Waals surface area contributed by atoms with Crippen LogP contribution in [0.25, 0.3) is 0 Å². The molecule has 2 fully saturated rings. The van der Waals surface area contributed by atoms with Crippen molar-refractivity contribution in [1.29, 1.82) is 0 Å². The minimum atomic E-state index is -0.122.